The van der Waals surface area contributed by atoms with Crippen LogP contribution in [0.3, 0.4) is 0 Å². The maximum atomic E-state index is 12.8. The number of rotatable bonds is 5. The summed E-state index contributed by atoms with van der Waals surface area (Å²) < 4.78 is 59.8. The smallest absolute Gasteiger partial charge is 0.422 e. The topological polar surface area (TPSA) is 88.1 Å². The summed E-state index contributed by atoms with van der Waals surface area (Å²) in [5.41, 5.74) is -2.98. The van der Waals surface area contributed by atoms with Crippen molar-refractivity contribution in [1.82, 2.24) is 0 Å². The van der Waals surface area contributed by atoms with E-state index >= 15 is 0 Å². The fourth-order valence-corrected chi connectivity index (χ4v) is 4.72. The molecule has 0 spiro atoms. The van der Waals surface area contributed by atoms with Gasteiger partial charge in [-0.1, -0.05) is 13.0 Å². The van der Waals surface area contributed by atoms with Crippen LogP contribution in [0.25, 0.3) is 0 Å². The summed E-state index contributed by atoms with van der Waals surface area (Å²) in [5.74, 6) is -3.01. The van der Waals surface area contributed by atoms with E-state index in [-0.39, 0.29) is 31.1 Å². The first-order chi connectivity index (χ1) is 13.6. The zero-order valence-electron chi connectivity index (χ0n) is 15.5. The second-order valence-electron chi connectivity index (χ2n) is 8.12. The second-order valence-corrected chi connectivity index (χ2v) is 8.12. The van der Waals surface area contributed by atoms with Crippen molar-refractivity contribution in [3.05, 3.63) is 12.2 Å². The molecular formula is C19H21F3O7. The van der Waals surface area contributed by atoms with Crippen LogP contribution in [0.4, 0.5) is 13.2 Å². The van der Waals surface area contributed by atoms with Crippen LogP contribution in [0, 0.1) is 5.92 Å². The summed E-state index contributed by atoms with van der Waals surface area (Å²) in [5, 5.41) is 0. The van der Waals surface area contributed by atoms with Crippen molar-refractivity contribution in [3.63, 3.8) is 0 Å². The van der Waals surface area contributed by atoms with E-state index < -0.39 is 53.7 Å². The monoisotopic (exact) mass is 418 g/mol. The van der Waals surface area contributed by atoms with Gasteiger partial charge in [-0.15, -0.1) is 0 Å². The molecule has 3 saturated heterocycles. The van der Waals surface area contributed by atoms with E-state index in [0.717, 1.165) is 6.42 Å². The van der Waals surface area contributed by atoms with Gasteiger partial charge in [-0.05, 0) is 32.1 Å². The number of halogens is 3. The van der Waals surface area contributed by atoms with Gasteiger partial charge in [0, 0.05) is 0 Å². The first kappa shape index (κ1) is 20.2. The third-order valence-electron chi connectivity index (χ3n) is 6.18. The van der Waals surface area contributed by atoms with E-state index in [2.05, 4.69) is 6.58 Å². The fraction of sp³-hybridized carbons (Fsp3) is 0.737. The molecular weight excluding hydrogens is 397 g/mol. The zero-order valence-corrected chi connectivity index (χ0v) is 15.5. The molecule has 0 aromatic heterocycles. The molecule has 4 fully saturated rings. The highest BCUT2D eigenvalue weighted by atomic mass is 19.4. The molecule has 29 heavy (non-hydrogen) atoms. The number of carbonyl (C=O) groups excluding carboxylic acids is 3. The molecule has 2 bridgehead atoms. The number of hydrogen-bond donors (Lipinski definition) is 0. The maximum absolute atomic E-state index is 12.8. The second kappa shape index (κ2) is 7.00. The predicted octanol–water partition coefficient (Wildman–Crippen LogP) is 2.37. The van der Waals surface area contributed by atoms with Crippen molar-refractivity contribution >= 4 is 17.9 Å². The molecule has 0 aromatic carbocycles. The minimum Gasteiger partial charge on any atom is -0.455 e. The van der Waals surface area contributed by atoms with E-state index in [4.69, 9.17) is 18.9 Å². The molecule has 4 aliphatic rings. The van der Waals surface area contributed by atoms with Gasteiger partial charge in [-0.25, -0.2) is 4.79 Å². The Labute approximate surface area is 164 Å². The molecule has 0 aromatic rings. The number of ether oxygens (including phenoxy) is 4. The lowest BCUT2D eigenvalue weighted by Gasteiger charge is -2.36. The Morgan fingerprint density at radius 3 is 2.52 bits per heavy atom. The van der Waals surface area contributed by atoms with Gasteiger partial charge in [0.2, 0.25) is 0 Å². The van der Waals surface area contributed by atoms with Gasteiger partial charge in [-0.3, -0.25) is 9.59 Å². The quantitative estimate of drug-likeness (QED) is 0.385. The Morgan fingerprint density at radius 1 is 1.17 bits per heavy atom. The Morgan fingerprint density at radius 2 is 1.86 bits per heavy atom. The lowest BCUT2D eigenvalue weighted by Crippen LogP contribution is -2.44. The van der Waals surface area contributed by atoms with Crippen LogP contribution < -0.4 is 0 Å². The van der Waals surface area contributed by atoms with Gasteiger partial charge < -0.3 is 18.9 Å². The average molecular weight is 418 g/mol. The van der Waals surface area contributed by atoms with E-state index in [1.807, 2.05) is 0 Å². The number of esters is 3. The van der Waals surface area contributed by atoms with E-state index in [1.54, 1.807) is 0 Å². The van der Waals surface area contributed by atoms with Crippen molar-refractivity contribution in [2.45, 2.75) is 81.1 Å². The van der Waals surface area contributed by atoms with Crippen LogP contribution in [-0.2, 0) is 33.3 Å². The number of alkyl halides is 3. The summed E-state index contributed by atoms with van der Waals surface area (Å²) in [7, 11) is 0. The van der Waals surface area contributed by atoms with E-state index in [9.17, 15) is 27.6 Å². The highest BCUT2D eigenvalue weighted by Crippen LogP contribution is 2.48. The number of fused-ring (bicyclic) bond motifs is 1. The van der Waals surface area contributed by atoms with Gasteiger partial charge in [-0.2, -0.15) is 13.2 Å². The molecule has 10 heteroatoms. The maximum Gasteiger partial charge on any atom is 0.422 e. The standard InChI is InChI=1S/C19H21F3O7/c1-9(19(20,21)22)16(24)29-18(5-3-2-4-6-18)8-12(23)27-14-11-7-10-13(26-11)15(14)28-17(10)25/h10-11,13-15H,1-8H2. The normalized spacial score (nSPS) is 34.6. The molecule has 3 aliphatic heterocycles. The molecule has 5 atom stereocenters. The molecule has 1 aliphatic carbocycles. The van der Waals surface area contributed by atoms with Gasteiger partial charge in [0.15, 0.2) is 12.2 Å². The molecule has 5 unspecified atom stereocenters. The summed E-state index contributed by atoms with van der Waals surface area (Å²) in [6.07, 6.45) is -4.60. The minimum absolute atomic E-state index is 0.257. The number of hydrogen-bond acceptors (Lipinski definition) is 7. The lowest BCUT2D eigenvalue weighted by molar-refractivity contribution is -0.178. The summed E-state index contributed by atoms with van der Waals surface area (Å²) >= 11 is 0. The molecule has 0 N–H and O–H groups in total. The third kappa shape index (κ3) is 3.62. The van der Waals surface area contributed by atoms with Gasteiger partial charge >= 0.3 is 24.1 Å². The molecule has 0 radical (unpaired) electrons. The van der Waals surface area contributed by atoms with Crippen LogP contribution in [-0.4, -0.2) is 54.1 Å². The van der Waals surface area contributed by atoms with Crippen LogP contribution in [0.15, 0.2) is 12.2 Å². The van der Waals surface area contributed by atoms with Crippen molar-refractivity contribution in [3.8, 4) is 0 Å². The first-order valence-electron chi connectivity index (χ1n) is 9.64. The fourth-order valence-electron chi connectivity index (χ4n) is 4.72. The Balaban J connectivity index is 1.42. The van der Waals surface area contributed by atoms with Crippen molar-refractivity contribution in [1.29, 1.82) is 0 Å². The summed E-state index contributed by atoms with van der Waals surface area (Å²) in [6, 6.07) is 0. The van der Waals surface area contributed by atoms with Gasteiger partial charge in [0.1, 0.15) is 17.3 Å². The Hall–Kier alpha value is -2.10. The van der Waals surface area contributed by atoms with Crippen molar-refractivity contribution < 1.29 is 46.5 Å². The molecule has 0 amide bonds. The lowest BCUT2D eigenvalue weighted by atomic mass is 9.82. The largest absolute Gasteiger partial charge is 0.455 e. The minimum atomic E-state index is -4.91. The average Bonchev–Trinajstić information content (AvgIpc) is 3.26. The molecule has 1 saturated carbocycles. The number of carbonyl (C=O) groups is 3. The third-order valence-corrected chi connectivity index (χ3v) is 6.18. The van der Waals surface area contributed by atoms with Crippen LogP contribution >= 0.6 is 0 Å². The summed E-state index contributed by atoms with van der Waals surface area (Å²) in [4.78, 5) is 36.3. The van der Waals surface area contributed by atoms with Crippen LogP contribution in [0.5, 0.6) is 0 Å². The zero-order chi connectivity index (χ0) is 21.0. The van der Waals surface area contributed by atoms with Gasteiger partial charge in [0.25, 0.3) is 0 Å². The molecule has 4 rings (SSSR count). The first-order valence-corrected chi connectivity index (χ1v) is 9.64. The van der Waals surface area contributed by atoms with Crippen molar-refractivity contribution in [2.75, 3.05) is 0 Å². The van der Waals surface area contributed by atoms with Crippen LogP contribution in [0.2, 0.25) is 0 Å². The molecule has 7 nitrogen and oxygen atoms in total. The van der Waals surface area contributed by atoms with E-state index in [0.29, 0.717) is 19.3 Å². The van der Waals surface area contributed by atoms with Gasteiger partial charge in [0.05, 0.1) is 18.4 Å². The SMILES string of the molecule is C=C(C(=O)OC1(CC(=O)OC2C3CC4C(=O)OC2C4O3)CCCCC1)C(F)(F)F. The summed E-state index contributed by atoms with van der Waals surface area (Å²) in [6.45, 7) is 2.76. The van der Waals surface area contributed by atoms with Crippen molar-refractivity contribution in [2.24, 2.45) is 5.92 Å². The van der Waals surface area contributed by atoms with Crippen LogP contribution in [0.1, 0.15) is 44.9 Å². The van der Waals surface area contributed by atoms with E-state index in [1.165, 1.54) is 0 Å². The highest BCUT2D eigenvalue weighted by Gasteiger charge is 2.65. The highest BCUT2D eigenvalue weighted by molar-refractivity contribution is 5.89. The molecule has 160 valence electrons. The predicted molar refractivity (Wildman–Crippen MR) is 88.2 cm³/mol. The Bertz CT molecular complexity index is 741. The Kier molecular flexibility index (Phi) is 4.87. The molecule has 3 heterocycles.